The fourth-order valence-corrected chi connectivity index (χ4v) is 0.309. The summed E-state index contributed by atoms with van der Waals surface area (Å²) in [7, 11) is 0. The topological polar surface area (TPSA) is 21.3 Å². The van der Waals surface area contributed by atoms with E-state index in [0.29, 0.717) is 6.04 Å². The van der Waals surface area contributed by atoms with E-state index in [9.17, 15) is 0 Å². The third-order valence-electron chi connectivity index (χ3n) is 1.04. The van der Waals surface area contributed by atoms with Gasteiger partial charge in [0.15, 0.2) is 0 Å². The molecule has 0 rings (SSSR count). The maximum atomic E-state index is 4.94. The molecule has 2 nitrogen and oxygen atoms in total. The van der Waals surface area contributed by atoms with Gasteiger partial charge in [-0.05, 0) is 20.3 Å². The largest absolute Gasteiger partial charge is 0.302 e. The molecule has 0 heterocycles. The quantitative estimate of drug-likeness (QED) is 0.561. The molecule has 1 unspecified atom stereocenters. The van der Waals surface area contributed by atoms with E-state index in [0.717, 1.165) is 13.0 Å². The van der Waals surface area contributed by atoms with Crippen LogP contribution in [0, 0.1) is 0 Å². The maximum Gasteiger partial charge on any atom is 0.0654 e. The van der Waals surface area contributed by atoms with Gasteiger partial charge in [-0.1, -0.05) is 6.92 Å². The first-order valence-corrected chi connectivity index (χ1v) is 3.18. The Kier molecular flexibility index (Phi) is 5.01. The average molecular weight is 117 g/mol. The third-order valence-corrected chi connectivity index (χ3v) is 1.04. The van der Waals surface area contributed by atoms with Crippen LogP contribution in [0.2, 0.25) is 0 Å². The summed E-state index contributed by atoms with van der Waals surface area (Å²) in [4.78, 5) is 4.94. The lowest BCUT2D eigenvalue weighted by Crippen LogP contribution is -2.25. The second-order valence-corrected chi connectivity index (χ2v) is 1.86. The highest BCUT2D eigenvalue weighted by Gasteiger charge is 1.92. The Bertz CT molecular complexity index is 47.8. The van der Waals surface area contributed by atoms with E-state index in [1.807, 2.05) is 6.92 Å². The van der Waals surface area contributed by atoms with Crippen molar-refractivity contribution in [3.63, 3.8) is 0 Å². The molecule has 0 aromatic rings. The SMILES string of the molecule is CCONC(C)CC. The molecule has 0 fully saturated rings. The van der Waals surface area contributed by atoms with Crippen molar-refractivity contribution in [2.75, 3.05) is 6.61 Å². The van der Waals surface area contributed by atoms with Gasteiger partial charge in [-0.25, -0.2) is 0 Å². The Morgan fingerprint density at radius 3 is 2.50 bits per heavy atom. The van der Waals surface area contributed by atoms with Crippen LogP contribution in [-0.4, -0.2) is 12.6 Å². The van der Waals surface area contributed by atoms with Gasteiger partial charge in [0.2, 0.25) is 0 Å². The number of hydrogen-bond acceptors (Lipinski definition) is 2. The molecule has 1 N–H and O–H groups in total. The molecule has 0 spiro atoms. The van der Waals surface area contributed by atoms with E-state index in [2.05, 4.69) is 19.3 Å². The van der Waals surface area contributed by atoms with Gasteiger partial charge in [0.1, 0.15) is 0 Å². The van der Waals surface area contributed by atoms with Gasteiger partial charge >= 0.3 is 0 Å². The summed E-state index contributed by atoms with van der Waals surface area (Å²) in [5, 5.41) is 0. The molecule has 0 radical (unpaired) electrons. The zero-order chi connectivity index (χ0) is 6.41. The number of hydroxylamine groups is 1. The predicted molar refractivity (Wildman–Crippen MR) is 34.5 cm³/mol. The summed E-state index contributed by atoms with van der Waals surface area (Å²) < 4.78 is 0. The van der Waals surface area contributed by atoms with Crippen LogP contribution < -0.4 is 5.48 Å². The molecule has 0 amide bonds. The second-order valence-electron chi connectivity index (χ2n) is 1.86. The van der Waals surface area contributed by atoms with Crippen LogP contribution in [0.5, 0.6) is 0 Å². The van der Waals surface area contributed by atoms with Gasteiger partial charge in [0.25, 0.3) is 0 Å². The van der Waals surface area contributed by atoms with E-state index in [-0.39, 0.29) is 0 Å². The van der Waals surface area contributed by atoms with Crippen molar-refractivity contribution in [3.8, 4) is 0 Å². The van der Waals surface area contributed by atoms with Crippen molar-refractivity contribution >= 4 is 0 Å². The lowest BCUT2D eigenvalue weighted by Gasteiger charge is -2.08. The molecular formula is C6H15NO. The Hall–Kier alpha value is -0.0800. The monoisotopic (exact) mass is 117 g/mol. The normalized spacial score (nSPS) is 13.9. The highest BCUT2D eigenvalue weighted by Crippen LogP contribution is 1.85. The third kappa shape index (κ3) is 4.09. The smallest absolute Gasteiger partial charge is 0.0654 e. The lowest BCUT2D eigenvalue weighted by molar-refractivity contribution is 0.0281. The van der Waals surface area contributed by atoms with Crippen LogP contribution in [0.1, 0.15) is 27.2 Å². The highest BCUT2D eigenvalue weighted by molar-refractivity contribution is 4.46. The van der Waals surface area contributed by atoms with Gasteiger partial charge in [-0.2, -0.15) is 5.48 Å². The van der Waals surface area contributed by atoms with Crippen LogP contribution in [0.4, 0.5) is 0 Å². The molecule has 8 heavy (non-hydrogen) atoms. The van der Waals surface area contributed by atoms with Crippen LogP contribution in [-0.2, 0) is 4.84 Å². The molecule has 0 aliphatic carbocycles. The zero-order valence-electron chi connectivity index (χ0n) is 5.90. The fourth-order valence-electron chi connectivity index (χ4n) is 0.309. The predicted octanol–water partition coefficient (Wildman–Crippen LogP) is 1.33. The van der Waals surface area contributed by atoms with E-state index < -0.39 is 0 Å². The minimum atomic E-state index is 0.481. The standard InChI is InChI=1S/C6H15NO/c1-4-6(3)7-8-5-2/h6-7H,4-5H2,1-3H3. The van der Waals surface area contributed by atoms with Gasteiger partial charge < -0.3 is 4.84 Å². The molecule has 0 aliphatic heterocycles. The summed E-state index contributed by atoms with van der Waals surface area (Å²) >= 11 is 0. The van der Waals surface area contributed by atoms with Crippen LogP contribution in [0.15, 0.2) is 0 Å². The van der Waals surface area contributed by atoms with Gasteiger partial charge in [-0.15, -0.1) is 0 Å². The van der Waals surface area contributed by atoms with Crippen LogP contribution in [0.3, 0.4) is 0 Å². The zero-order valence-corrected chi connectivity index (χ0v) is 5.90. The molecule has 0 aromatic heterocycles. The van der Waals surface area contributed by atoms with Crippen molar-refractivity contribution in [1.82, 2.24) is 5.48 Å². The maximum absolute atomic E-state index is 4.94. The molecule has 2 heteroatoms. The van der Waals surface area contributed by atoms with Crippen LogP contribution >= 0.6 is 0 Å². The van der Waals surface area contributed by atoms with E-state index in [1.54, 1.807) is 0 Å². The van der Waals surface area contributed by atoms with E-state index in [1.165, 1.54) is 0 Å². The molecular weight excluding hydrogens is 102 g/mol. The molecule has 50 valence electrons. The van der Waals surface area contributed by atoms with Gasteiger partial charge in [0, 0.05) is 6.04 Å². The first-order valence-electron chi connectivity index (χ1n) is 3.18. The fraction of sp³-hybridized carbons (Fsp3) is 1.00. The Morgan fingerprint density at radius 1 is 1.50 bits per heavy atom. The van der Waals surface area contributed by atoms with Crippen molar-refractivity contribution in [1.29, 1.82) is 0 Å². The minimum Gasteiger partial charge on any atom is -0.302 e. The summed E-state index contributed by atoms with van der Waals surface area (Å²) in [5.41, 5.74) is 2.88. The lowest BCUT2D eigenvalue weighted by atomic mass is 10.3. The molecule has 0 saturated heterocycles. The number of rotatable bonds is 4. The van der Waals surface area contributed by atoms with Crippen molar-refractivity contribution < 1.29 is 4.84 Å². The van der Waals surface area contributed by atoms with Crippen molar-refractivity contribution in [2.24, 2.45) is 0 Å². The molecule has 0 saturated carbocycles. The Morgan fingerprint density at radius 2 is 2.12 bits per heavy atom. The number of nitrogens with one attached hydrogen (secondary N) is 1. The Balaban J connectivity index is 2.86. The number of hydrogen-bond donors (Lipinski definition) is 1. The first kappa shape index (κ1) is 7.92. The van der Waals surface area contributed by atoms with Crippen molar-refractivity contribution in [3.05, 3.63) is 0 Å². The van der Waals surface area contributed by atoms with Crippen molar-refractivity contribution in [2.45, 2.75) is 33.2 Å². The van der Waals surface area contributed by atoms with E-state index >= 15 is 0 Å². The molecule has 0 bridgehead atoms. The minimum absolute atomic E-state index is 0.481. The summed E-state index contributed by atoms with van der Waals surface area (Å²) in [6.07, 6.45) is 1.11. The molecule has 0 aromatic carbocycles. The van der Waals surface area contributed by atoms with E-state index in [4.69, 9.17) is 4.84 Å². The van der Waals surface area contributed by atoms with Gasteiger partial charge in [-0.3, -0.25) is 0 Å². The summed E-state index contributed by atoms with van der Waals surface area (Å²) in [6, 6.07) is 0.481. The summed E-state index contributed by atoms with van der Waals surface area (Å²) in [6.45, 7) is 6.92. The summed E-state index contributed by atoms with van der Waals surface area (Å²) in [5.74, 6) is 0. The first-order chi connectivity index (χ1) is 3.81. The highest BCUT2D eigenvalue weighted by atomic mass is 16.6. The van der Waals surface area contributed by atoms with Gasteiger partial charge in [0.05, 0.1) is 6.61 Å². The Labute approximate surface area is 51.2 Å². The molecule has 0 aliphatic rings. The second kappa shape index (κ2) is 5.06. The average Bonchev–Trinajstić information content (AvgIpc) is 1.83. The van der Waals surface area contributed by atoms with Crippen LogP contribution in [0.25, 0.3) is 0 Å². The molecule has 1 atom stereocenters.